The molecular weight excluding hydrogens is 576 g/mol. The lowest BCUT2D eigenvalue weighted by Crippen LogP contribution is -2.41. The Balaban J connectivity index is 1.92. The van der Waals surface area contributed by atoms with Crippen molar-refractivity contribution < 1.29 is 27.4 Å². The van der Waals surface area contributed by atoms with Crippen LogP contribution in [-0.2, 0) is 19.4 Å². The van der Waals surface area contributed by atoms with Crippen LogP contribution in [0.4, 0.5) is 0 Å². The van der Waals surface area contributed by atoms with E-state index < -0.39 is 27.3 Å². The van der Waals surface area contributed by atoms with E-state index in [4.69, 9.17) is 19.9 Å². The van der Waals surface area contributed by atoms with Gasteiger partial charge in [0.25, 0.3) is 5.56 Å². The van der Waals surface area contributed by atoms with E-state index in [0.29, 0.717) is 22.6 Å². The maximum atomic E-state index is 14.3. The zero-order chi connectivity index (χ0) is 30.0. The third-order valence-corrected chi connectivity index (χ3v) is 9.78. The lowest BCUT2D eigenvalue weighted by molar-refractivity contribution is -0.136. The molecule has 0 saturated carbocycles. The molecule has 42 heavy (non-hydrogen) atoms. The summed E-state index contributed by atoms with van der Waals surface area (Å²) in [5.41, 5.74) is 7.17. The predicted molar refractivity (Wildman–Crippen MR) is 161 cm³/mol. The molecule has 2 heterocycles. The van der Waals surface area contributed by atoms with Gasteiger partial charge in [-0.3, -0.25) is 9.36 Å². The number of benzene rings is 3. The maximum absolute atomic E-state index is 14.3. The van der Waals surface area contributed by atoms with Crippen LogP contribution in [0.1, 0.15) is 24.0 Å². The smallest absolute Gasteiger partial charge is 0.338 e. The number of thiazole rings is 1. The number of allylic oxidation sites excluding steroid dienone is 1. The van der Waals surface area contributed by atoms with Gasteiger partial charge in [0.05, 0.1) is 41.7 Å². The Bertz CT molecular complexity index is 1990. The van der Waals surface area contributed by atoms with Crippen LogP contribution in [-0.4, -0.2) is 39.8 Å². The van der Waals surface area contributed by atoms with Gasteiger partial charge in [-0.1, -0.05) is 42.5 Å². The Hall–Kier alpha value is -4.61. The van der Waals surface area contributed by atoms with Crippen molar-refractivity contribution >= 4 is 44.6 Å². The molecule has 3 aromatic carbocycles. The Labute approximate surface area is 246 Å². The molecule has 0 radical (unpaired) electrons. The molecule has 0 saturated heterocycles. The van der Waals surface area contributed by atoms with E-state index in [1.165, 1.54) is 26.4 Å². The number of hydrogen-bond donors (Lipinski definition) is 1. The second-order valence-electron chi connectivity index (χ2n) is 9.24. The lowest BCUT2D eigenvalue weighted by Gasteiger charge is -2.28. The molecule has 216 valence electrons. The number of nitrogens with zero attached hydrogens (tertiary/aromatic N) is 1. The van der Waals surface area contributed by atoms with Crippen molar-refractivity contribution in [1.29, 1.82) is 0 Å². The number of aromatic nitrogens is 1. The van der Waals surface area contributed by atoms with Crippen molar-refractivity contribution in [2.45, 2.75) is 17.7 Å². The van der Waals surface area contributed by atoms with E-state index in [1.54, 1.807) is 79.7 Å². The van der Waals surface area contributed by atoms with Gasteiger partial charge in [0.1, 0.15) is 26.9 Å². The third-order valence-electron chi connectivity index (χ3n) is 6.76. The summed E-state index contributed by atoms with van der Waals surface area (Å²) in [5.74, 6) is -1.19. The summed E-state index contributed by atoms with van der Waals surface area (Å²) in [7, 11) is -1.30. The molecule has 9 nitrogen and oxygen atoms in total. The minimum absolute atomic E-state index is 0.0128. The first-order chi connectivity index (χ1) is 20.2. The average Bonchev–Trinajstić information content (AvgIpc) is 3.32. The van der Waals surface area contributed by atoms with E-state index in [-0.39, 0.29) is 37.0 Å². The zero-order valence-corrected chi connectivity index (χ0v) is 24.7. The molecule has 0 amide bonds. The van der Waals surface area contributed by atoms with Crippen molar-refractivity contribution in [2.75, 3.05) is 20.8 Å². The van der Waals surface area contributed by atoms with Gasteiger partial charge >= 0.3 is 5.97 Å². The highest BCUT2D eigenvalue weighted by atomic mass is 32.2. The first-order valence-corrected chi connectivity index (χ1v) is 15.2. The van der Waals surface area contributed by atoms with Gasteiger partial charge in [-0.2, -0.15) is 0 Å². The number of nitrogens with two attached hydrogens (primary N) is 1. The van der Waals surface area contributed by atoms with Crippen LogP contribution in [0.2, 0.25) is 0 Å². The van der Waals surface area contributed by atoms with Crippen LogP contribution >= 0.6 is 11.3 Å². The van der Waals surface area contributed by atoms with Gasteiger partial charge in [-0.25, -0.2) is 13.2 Å². The SMILES string of the molecule is CCOC(=O)C1=c2s/c(=C\c3cccc(OC)c3)c(=O)n2C(N)=C(S(=O)(=O)c2ccccc2)[C@H]1c1cccc(OC)c1. The summed E-state index contributed by atoms with van der Waals surface area (Å²) in [6.45, 7) is 1.68. The summed E-state index contributed by atoms with van der Waals surface area (Å²) in [4.78, 5) is 27.2. The molecule has 1 aliphatic heterocycles. The van der Waals surface area contributed by atoms with Crippen LogP contribution in [0, 0.1) is 0 Å². The summed E-state index contributed by atoms with van der Waals surface area (Å²) >= 11 is 1.03. The summed E-state index contributed by atoms with van der Waals surface area (Å²) in [5, 5.41) is 0. The largest absolute Gasteiger partial charge is 0.497 e. The fourth-order valence-corrected chi connectivity index (χ4v) is 7.72. The van der Waals surface area contributed by atoms with Crippen LogP contribution < -0.4 is 30.0 Å². The topological polar surface area (TPSA) is 127 Å². The molecule has 4 aromatic rings. The van der Waals surface area contributed by atoms with Crippen molar-refractivity contribution in [2.24, 2.45) is 5.73 Å². The molecule has 5 rings (SSSR count). The molecule has 1 atom stereocenters. The molecule has 0 bridgehead atoms. The van der Waals surface area contributed by atoms with Crippen molar-refractivity contribution in [3.05, 3.63) is 114 Å². The predicted octanol–water partition coefficient (Wildman–Crippen LogP) is 2.83. The Morgan fingerprint density at radius 2 is 1.64 bits per heavy atom. The molecule has 2 N–H and O–H groups in total. The quantitative estimate of drug-likeness (QED) is 0.304. The number of ether oxygens (including phenoxy) is 3. The van der Waals surface area contributed by atoms with E-state index in [0.717, 1.165) is 15.9 Å². The number of sulfone groups is 1. The first kappa shape index (κ1) is 28.9. The summed E-state index contributed by atoms with van der Waals surface area (Å²) < 4.78 is 46.2. The maximum Gasteiger partial charge on any atom is 0.338 e. The van der Waals surface area contributed by atoms with Gasteiger partial charge in [-0.05, 0) is 60.5 Å². The Morgan fingerprint density at radius 3 is 2.31 bits per heavy atom. The average molecular weight is 605 g/mol. The number of carbonyl (C=O) groups excluding carboxylic acids is 1. The van der Waals surface area contributed by atoms with Gasteiger partial charge in [0, 0.05) is 0 Å². The summed E-state index contributed by atoms with van der Waals surface area (Å²) in [6, 6.07) is 21.6. The molecule has 11 heteroatoms. The van der Waals surface area contributed by atoms with Crippen molar-refractivity contribution in [3.8, 4) is 11.5 Å². The third kappa shape index (κ3) is 5.12. The first-order valence-electron chi connectivity index (χ1n) is 12.9. The van der Waals surface area contributed by atoms with Gasteiger partial charge < -0.3 is 19.9 Å². The molecule has 1 aliphatic rings. The highest BCUT2D eigenvalue weighted by molar-refractivity contribution is 7.95. The van der Waals surface area contributed by atoms with E-state index >= 15 is 0 Å². The second-order valence-corrected chi connectivity index (χ2v) is 12.2. The Morgan fingerprint density at radius 1 is 0.976 bits per heavy atom. The molecule has 0 spiro atoms. The minimum Gasteiger partial charge on any atom is -0.497 e. The highest BCUT2D eigenvalue weighted by Crippen LogP contribution is 2.42. The van der Waals surface area contributed by atoms with Crippen LogP contribution in [0.25, 0.3) is 17.5 Å². The van der Waals surface area contributed by atoms with E-state index in [2.05, 4.69) is 0 Å². The van der Waals surface area contributed by atoms with Gasteiger partial charge in [-0.15, -0.1) is 11.3 Å². The molecule has 0 fully saturated rings. The highest BCUT2D eigenvalue weighted by Gasteiger charge is 2.42. The van der Waals surface area contributed by atoms with Crippen molar-refractivity contribution in [1.82, 2.24) is 4.57 Å². The minimum atomic E-state index is -4.32. The fourth-order valence-electron chi connectivity index (χ4n) is 4.85. The van der Waals surface area contributed by atoms with Gasteiger partial charge in [0.2, 0.25) is 9.84 Å². The number of rotatable bonds is 8. The zero-order valence-electron chi connectivity index (χ0n) is 23.1. The second kappa shape index (κ2) is 11.7. The summed E-state index contributed by atoms with van der Waals surface area (Å²) in [6.07, 6.45) is 1.64. The monoisotopic (exact) mass is 604 g/mol. The normalized spacial score (nSPS) is 15.4. The fraction of sp³-hybridized carbons (Fsp3) is 0.161. The number of methoxy groups -OCH3 is 2. The number of fused-ring (bicyclic) bond motifs is 1. The number of hydrogen-bond acceptors (Lipinski definition) is 9. The van der Waals surface area contributed by atoms with E-state index in [9.17, 15) is 18.0 Å². The standard InChI is InChI=1S/C31H28N2O7S2/c1-4-40-31(35)26-25(20-11-9-13-22(18-20)39-3)27(42(36,37)23-14-6-5-7-15-23)28(32)33-29(34)24(41-30(26)33)17-19-10-8-12-21(16-19)38-2/h5-18,25H,4,32H2,1-3H3/b24-17-/t25-/m0/s1. The van der Waals surface area contributed by atoms with Gasteiger partial charge in [0.15, 0.2) is 0 Å². The molecule has 0 aliphatic carbocycles. The Kier molecular flexibility index (Phi) is 8.06. The lowest BCUT2D eigenvalue weighted by atomic mass is 9.89. The number of esters is 1. The van der Waals surface area contributed by atoms with Crippen molar-refractivity contribution in [3.63, 3.8) is 0 Å². The van der Waals surface area contributed by atoms with E-state index in [1.807, 2.05) is 0 Å². The van der Waals surface area contributed by atoms with Crippen LogP contribution in [0.15, 0.2) is 93.5 Å². The van der Waals surface area contributed by atoms with Crippen LogP contribution in [0.5, 0.6) is 11.5 Å². The molecule has 1 aromatic heterocycles. The molecular formula is C31H28N2O7S2. The number of carbonyl (C=O) groups is 1. The molecule has 0 unspecified atom stereocenters. The van der Waals surface area contributed by atoms with Crippen LogP contribution in [0.3, 0.4) is 0 Å².